The van der Waals surface area contributed by atoms with Gasteiger partial charge in [0.05, 0.1) is 0 Å². The third-order valence-corrected chi connectivity index (χ3v) is 0.431. The van der Waals surface area contributed by atoms with Gasteiger partial charge < -0.3 is 0 Å². The predicted octanol–water partition coefficient (Wildman–Crippen LogP) is 0.540. The minimum atomic E-state index is 1.63. The van der Waals surface area contributed by atoms with Gasteiger partial charge in [0.25, 0.3) is 0 Å². The highest BCUT2D eigenvalue weighted by Gasteiger charge is 1.52. The van der Waals surface area contributed by atoms with Crippen molar-refractivity contribution in [2.24, 2.45) is 0 Å². The van der Waals surface area contributed by atoms with E-state index >= 15 is 0 Å². The highest BCUT2D eigenvalue weighted by atomic mass is 14.2. The molecule has 0 aromatic carbocycles. The van der Waals surface area contributed by atoms with Crippen molar-refractivity contribution in [3.8, 4) is 41.6 Å². The van der Waals surface area contributed by atoms with Crippen LogP contribution in [0.4, 0.5) is 0 Å². The Morgan fingerprint density at radius 2 is 1.44 bits per heavy atom. The number of nitrogens with zero attached hydrogens (tertiary/aromatic N) is 1. The van der Waals surface area contributed by atoms with Gasteiger partial charge in [0.2, 0.25) is 0 Å². The molecule has 0 radical (unpaired) electrons. The molecule has 0 rings (SSSR count). The van der Waals surface area contributed by atoms with Crippen molar-refractivity contribution in [1.29, 1.82) is 5.26 Å². The fourth-order valence-electron chi connectivity index (χ4n) is 0.184. The van der Waals surface area contributed by atoms with E-state index in [0.717, 1.165) is 0 Å². The van der Waals surface area contributed by atoms with Crippen LogP contribution in [0.3, 0.4) is 0 Å². The average Bonchev–Trinajstić information content (AvgIpc) is 1.89. The van der Waals surface area contributed by atoms with Gasteiger partial charge in [-0.15, -0.1) is 0 Å². The van der Waals surface area contributed by atoms with E-state index in [-0.39, 0.29) is 0 Å². The van der Waals surface area contributed by atoms with Gasteiger partial charge >= 0.3 is 0 Å². The van der Waals surface area contributed by atoms with Gasteiger partial charge in [0.15, 0.2) is 6.07 Å². The van der Waals surface area contributed by atoms with Gasteiger partial charge in [-0.05, 0) is 18.8 Å². The summed E-state index contributed by atoms with van der Waals surface area (Å²) >= 11 is 0. The maximum absolute atomic E-state index is 7.90. The van der Waals surface area contributed by atoms with E-state index in [1.54, 1.807) is 13.0 Å². The Labute approximate surface area is 54.7 Å². The van der Waals surface area contributed by atoms with Gasteiger partial charge in [-0.2, -0.15) is 5.26 Å². The van der Waals surface area contributed by atoms with E-state index in [1.807, 2.05) is 0 Å². The maximum atomic E-state index is 7.90. The second-order valence-electron chi connectivity index (χ2n) is 0.987. The summed E-state index contributed by atoms with van der Waals surface area (Å²) in [4.78, 5) is 0. The van der Waals surface area contributed by atoms with Crippen molar-refractivity contribution in [2.45, 2.75) is 6.92 Å². The van der Waals surface area contributed by atoms with Crippen molar-refractivity contribution in [3.63, 3.8) is 0 Å². The zero-order valence-corrected chi connectivity index (χ0v) is 4.95. The molecule has 0 aromatic rings. The summed E-state index contributed by atoms with van der Waals surface area (Å²) in [5.74, 6) is 14.3. The molecule has 0 amide bonds. The molecule has 0 fully saturated rings. The predicted molar refractivity (Wildman–Crippen MR) is 34.6 cm³/mol. The summed E-state index contributed by atoms with van der Waals surface area (Å²) in [5, 5.41) is 7.90. The SMILES string of the molecule is CC#CC#CC#CC#N. The Balaban J connectivity index is 3.90. The van der Waals surface area contributed by atoms with Crippen LogP contribution in [-0.4, -0.2) is 0 Å². The first-order chi connectivity index (χ1) is 4.41. The van der Waals surface area contributed by atoms with E-state index < -0.39 is 0 Å². The second kappa shape index (κ2) is 6.17. The molecule has 0 aliphatic carbocycles. The van der Waals surface area contributed by atoms with Gasteiger partial charge in [-0.25, -0.2) is 0 Å². The molecule has 0 heterocycles. The molecule has 1 nitrogen and oxygen atoms in total. The molecular weight excluding hydrogens is 110 g/mol. The summed E-state index contributed by atoms with van der Waals surface area (Å²) in [7, 11) is 0. The van der Waals surface area contributed by atoms with Crippen LogP contribution in [0.2, 0.25) is 0 Å². The molecule has 0 unspecified atom stereocenters. The normalized spacial score (nSPS) is 3.56. The quantitative estimate of drug-likeness (QED) is 0.420. The molecule has 0 aliphatic heterocycles. The van der Waals surface area contributed by atoms with Crippen molar-refractivity contribution >= 4 is 0 Å². The summed E-state index contributed by atoms with van der Waals surface area (Å²) < 4.78 is 0. The minimum Gasteiger partial charge on any atom is -0.183 e. The van der Waals surface area contributed by atoms with Crippen LogP contribution in [-0.2, 0) is 0 Å². The fourth-order valence-corrected chi connectivity index (χ4v) is 0.184. The largest absolute Gasteiger partial charge is 0.183 e. The van der Waals surface area contributed by atoms with E-state index in [1.165, 1.54) is 0 Å². The van der Waals surface area contributed by atoms with E-state index in [4.69, 9.17) is 5.26 Å². The topological polar surface area (TPSA) is 23.8 Å². The van der Waals surface area contributed by atoms with Gasteiger partial charge in [0.1, 0.15) is 0 Å². The molecule has 0 N–H and O–H groups in total. The molecule has 0 aromatic heterocycles. The van der Waals surface area contributed by atoms with Crippen molar-refractivity contribution in [2.75, 3.05) is 0 Å². The van der Waals surface area contributed by atoms with Crippen LogP contribution in [0.15, 0.2) is 0 Å². The molecule has 0 atom stereocenters. The number of rotatable bonds is 0. The monoisotopic (exact) mass is 113 g/mol. The number of hydrogen-bond acceptors (Lipinski definition) is 1. The smallest absolute Gasteiger partial charge is 0.153 e. The lowest BCUT2D eigenvalue weighted by Crippen LogP contribution is -1.50. The number of hydrogen-bond donors (Lipinski definition) is 0. The first kappa shape index (κ1) is 7.17. The van der Waals surface area contributed by atoms with Crippen molar-refractivity contribution in [3.05, 3.63) is 0 Å². The number of nitriles is 1. The van der Waals surface area contributed by atoms with Crippen LogP contribution in [0.25, 0.3) is 0 Å². The first-order valence-electron chi connectivity index (χ1n) is 2.22. The molecule has 0 saturated heterocycles. The Morgan fingerprint density at radius 1 is 0.889 bits per heavy atom. The standard InChI is InChI=1S/C8H3N/c1-2-3-4-5-6-7-8-9/h1H3. The first-order valence-corrected chi connectivity index (χ1v) is 2.22. The molecular formula is C8H3N. The summed E-state index contributed by atoms with van der Waals surface area (Å²) in [5.41, 5.74) is 0. The zero-order chi connectivity index (χ0) is 6.95. The summed E-state index contributed by atoms with van der Waals surface area (Å²) in [6, 6.07) is 1.63. The van der Waals surface area contributed by atoms with Crippen LogP contribution in [0.1, 0.15) is 6.92 Å². The Kier molecular flexibility index (Phi) is 4.92. The summed E-state index contributed by atoms with van der Waals surface area (Å²) in [6.07, 6.45) is 0. The van der Waals surface area contributed by atoms with Gasteiger partial charge in [-0.3, -0.25) is 0 Å². The lowest BCUT2D eigenvalue weighted by molar-refractivity contribution is 1.55. The third-order valence-electron chi connectivity index (χ3n) is 0.431. The molecule has 1 heteroatoms. The molecule has 0 saturated carbocycles. The molecule has 0 spiro atoms. The van der Waals surface area contributed by atoms with Crippen LogP contribution < -0.4 is 0 Å². The molecule has 0 aliphatic rings. The van der Waals surface area contributed by atoms with E-state index in [0.29, 0.717) is 0 Å². The third kappa shape index (κ3) is 6.17. The lowest BCUT2D eigenvalue weighted by Gasteiger charge is -1.51. The Bertz CT molecular complexity index is 285. The highest BCUT2D eigenvalue weighted by Crippen LogP contribution is 1.52. The van der Waals surface area contributed by atoms with Crippen molar-refractivity contribution in [1.82, 2.24) is 0 Å². The molecule has 40 valence electrons. The highest BCUT2D eigenvalue weighted by molar-refractivity contribution is 5.37. The Hall–Kier alpha value is -1.83. The lowest BCUT2D eigenvalue weighted by atomic mass is 10.5. The van der Waals surface area contributed by atoms with Crippen LogP contribution in [0, 0.1) is 46.9 Å². The average molecular weight is 113 g/mol. The fraction of sp³-hybridized carbons (Fsp3) is 0.125. The minimum absolute atomic E-state index is 1.63. The van der Waals surface area contributed by atoms with Crippen LogP contribution >= 0.6 is 0 Å². The van der Waals surface area contributed by atoms with E-state index in [9.17, 15) is 0 Å². The van der Waals surface area contributed by atoms with Gasteiger partial charge in [0, 0.05) is 17.8 Å². The summed E-state index contributed by atoms with van der Waals surface area (Å²) in [6.45, 7) is 1.69. The molecule has 9 heavy (non-hydrogen) atoms. The zero-order valence-electron chi connectivity index (χ0n) is 4.95. The molecule has 0 bridgehead atoms. The van der Waals surface area contributed by atoms with Crippen molar-refractivity contribution < 1.29 is 0 Å². The van der Waals surface area contributed by atoms with E-state index in [2.05, 4.69) is 35.5 Å². The maximum Gasteiger partial charge on any atom is 0.153 e. The van der Waals surface area contributed by atoms with Gasteiger partial charge in [-0.1, -0.05) is 5.92 Å². The Morgan fingerprint density at radius 3 is 2.00 bits per heavy atom. The van der Waals surface area contributed by atoms with Crippen LogP contribution in [0.5, 0.6) is 0 Å². The second-order valence-corrected chi connectivity index (χ2v) is 0.987.